The van der Waals surface area contributed by atoms with Crippen LogP contribution in [0.5, 0.6) is 0 Å². The molecule has 6 rings (SSSR count). The first-order valence-electron chi connectivity index (χ1n) is 11.0. The van der Waals surface area contributed by atoms with Crippen LogP contribution < -0.4 is 5.32 Å². The van der Waals surface area contributed by atoms with Crippen LogP contribution in [0.25, 0.3) is 16.3 Å². The molecule has 1 N–H and O–H groups in total. The molecule has 0 fully saturated rings. The van der Waals surface area contributed by atoms with Crippen molar-refractivity contribution in [1.29, 1.82) is 0 Å². The first-order valence-corrected chi connectivity index (χ1v) is 11.0. The number of hydrogen-bond donors (Lipinski definition) is 1. The van der Waals surface area contributed by atoms with E-state index in [0.717, 1.165) is 45.2 Å². The smallest absolute Gasteiger partial charge is 0.162 e. The summed E-state index contributed by atoms with van der Waals surface area (Å²) >= 11 is 0. The maximum absolute atomic E-state index is 13.6. The number of nitrogens with one attached hydrogen (secondary N) is 1. The average Bonchev–Trinajstić information content (AvgIpc) is 2.84. The van der Waals surface area contributed by atoms with E-state index in [2.05, 4.69) is 41.7 Å². The molecule has 32 heavy (non-hydrogen) atoms. The molecule has 1 heterocycles. The van der Waals surface area contributed by atoms with Gasteiger partial charge in [0, 0.05) is 23.2 Å². The average molecular weight is 419 g/mol. The van der Waals surface area contributed by atoms with E-state index in [1.165, 1.54) is 17.7 Å². The quantitative estimate of drug-likeness (QED) is 0.377. The summed E-state index contributed by atoms with van der Waals surface area (Å²) in [5.74, 6) is 0.0472. The van der Waals surface area contributed by atoms with Gasteiger partial charge in [-0.25, -0.2) is 4.39 Å². The minimum absolute atomic E-state index is 0.154. The predicted molar refractivity (Wildman–Crippen MR) is 127 cm³/mol. The standard InChI is InChI=1S/C29H22FNO/c30-22-13-10-20(11-14-22)29-28-24(16-21(17-26(28)32)18-6-2-1-3-7-18)27-23-9-5-4-8-19(23)12-15-25(27)31-29/h1-15,21,29,31H,16-17H2/t21-,29-/m1/s1. The Kier molecular flexibility index (Phi) is 4.43. The van der Waals surface area contributed by atoms with Gasteiger partial charge in [0.1, 0.15) is 5.82 Å². The summed E-state index contributed by atoms with van der Waals surface area (Å²) in [5, 5.41) is 5.93. The first-order chi connectivity index (χ1) is 15.7. The summed E-state index contributed by atoms with van der Waals surface area (Å²) in [6.07, 6.45) is 1.30. The van der Waals surface area contributed by atoms with E-state index in [1.807, 2.05) is 30.3 Å². The molecule has 1 aliphatic carbocycles. The fourth-order valence-electron chi connectivity index (χ4n) is 5.31. The Hall–Kier alpha value is -3.72. The van der Waals surface area contributed by atoms with Crippen molar-refractivity contribution < 1.29 is 9.18 Å². The molecule has 2 nitrogen and oxygen atoms in total. The zero-order chi connectivity index (χ0) is 21.7. The minimum atomic E-state index is -0.275. The van der Waals surface area contributed by atoms with Crippen molar-refractivity contribution in [3.8, 4) is 0 Å². The second-order valence-electron chi connectivity index (χ2n) is 8.67. The normalized spacial score (nSPS) is 20.0. The number of rotatable bonds is 2. The van der Waals surface area contributed by atoms with Gasteiger partial charge in [0.2, 0.25) is 0 Å². The third-order valence-corrected chi connectivity index (χ3v) is 6.80. The SMILES string of the molecule is O=C1C[C@H](c2ccccc2)CC2=C1[C@@H](c1ccc(F)cc1)Nc1ccc3ccccc3c12. The zero-order valence-corrected chi connectivity index (χ0v) is 17.5. The van der Waals surface area contributed by atoms with Crippen molar-refractivity contribution in [2.75, 3.05) is 5.32 Å². The lowest BCUT2D eigenvalue weighted by Gasteiger charge is -2.37. The summed E-state index contributed by atoms with van der Waals surface area (Å²) in [4.78, 5) is 13.6. The van der Waals surface area contributed by atoms with E-state index >= 15 is 0 Å². The van der Waals surface area contributed by atoms with Gasteiger partial charge in [-0.2, -0.15) is 0 Å². The molecule has 2 atom stereocenters. The van der Waals surface area contributed by atoms with Crippen LogP contribution in [0.3, 0.4) is 0 Å². The Morgan fingerprint density at radius 2 is 1.50 bits per heavy atom. The van der Waals surface area contributed by atoms with E-state index in [-0.39, 0.29) is 23.6 Å². The molecule has 156 valence electrons. The number of hydrogen-bond acceptors (Lipinski definition) is 2. The number of ketones is 1. The molecule has 0 saturated carbocycles. The summed E-state index contributed by atoms with van der Waals surface area (Å²) in [6, 6.07) is 29.1. The number of benzene rings is 4. The van der Waals surface area contributed by atoms with E-state index < -0.39 is 0 Å². The van der Waals surface area contributed by atoms with E-state index in [4.69, 9.17) is 0 Å². The van der Waals surface area contributed by atoms with Crippen LogP contribution in [0.1, 0.15) is 41.5 Å². The monoisotopic (exact) mass is 419 g/mol. The molecule has 0 radical (unpaired) electrons. The molecule has 0 spiro atoms. The number of halogens is 1. The molecule has 1 aliphatic heterocycles. The first kappa shape index (κ1) is 19.0. The van der Waals surface area contributed by atoms with Crippen molar-refractivity contribution >= 4 is 27.8 Å². The van der Waals surface area contributed by atoms with Crippen molar-refractivity contribution in [2.45, 2.75) is 24.8 Å². The molecule has 4 aromatic rings. The van der Waals surface area contributed by atoms with Crippen LogP contribution in [0.4, 0.5) is 10.1 Å². The van der Waals surface area contributed by atoms with Gasteiger partial charge < -0.3 is 5.32 Å². The number of fused-ring (bicyclic) bond motifs is 4. The van der Waals surface area contributed by atoms with Crippen LogP contribution in [0.2, 0.25) is 0 Å². The Morgan fingerprint density at radius 3 is 2.31 bits per heavy atom. The molecular formula is C29H22FNO. The number of allylic oxidation sites excluding steroid dienone is 1. The van der Waals surface area contributed by atoms with Gasteiger partial charge in [0.25, 0.3) is 0 Å². The summed E-state index contributed by atoms with van der Waals surface area (Å²) in [6.45, 7) is 0. The minimum Gasteiger partial charge on any atom is -0.373 e. The second kappa shape index (κ2) is 7.45. The Morgan fingerprint density at radius 1 is 0.750 bits per heavy atom. The highest BCUT2D eigenvalue weighted by molar-refractivity contribution is 6.13. The second-order valence-corrected chi connectivity index (χ2v) is 8.67. The molecular weight excluding hydrogens is 397 g/mol. The molecule has 0 bridgehead atoms. The Bertz CT molecular complexity index is 1370. The zero-order valence-electron chi connectivity index (χ0n) is 17.5. The summed E-state index contributed by atoms with van der Waals surface area (Å²) in [7, 11) is 0. The fourth-order valence-corrected chi connectivity index (χ4v) is 5.31. The van der Waals surface area contributed by atoms with E-state index in [1.54, 1.807) is 12.1 Å². The van der Waals surface area contributed by atoms with Crippen molar-refractivity contribution in [1.82, 2.24) is 0 Å². The molecule has 0 unspecified atom stereocenters. The third-order valence-electron chi connectivity index (χ3n) is 6.80. The number of carbonyl (C=O) groups excluding carboxylic acids is 1. The van der Waals surface area contributed by atoms with Gasteiger partial charge in [-0.05, 0) is 58.0 Å². The highest BCUT2D eigenvalue weighted by atomic mass is 19.1. The molecule has 0 amide bonds. The Balaban J connectivity index is 1.58. The van der Waals surface area contributed by atoms with Crippen LogP contribution in [-0.2, 0) is 4.79 Å². The van der Waals surface area contributed by atoms with Gasteiger partial charge in [0.05, 0.1) is 6.04 Å². The predicted octanol–water partition coefficient (Wildman–Crippen LogP) is 7.05. The molecule has 4 aromatic carbocycles. The highest BCUT2D eigenvalue weighted by Gasteiger charge is 2.38. The van der Waals surface area contributed by atoms with E-state index in [9.17, 15) is 9.18 Å². The van der Waals surface area contributed by atoms with Crippen molar-refractivity contribution in [2.24, 2.45) is 0 Å². The summed E-state index contributed by atoms with van der Waals surface area (Å²) in [5.41, 5.74) is 6.21. The van der Waals surface area contributed by atoms with Gasteiger partial charge >= 0.3 is 0 Å². The molecule has 2 aliphatic rings. The lowest BCUT2D eigenvalue weighted by molar-refractivity contribution is -0.116. The molecule has 0 saturated heterocycles. The Labute approximate surface area is 186 Å². The van der Waals surface area contributed by atoms with Crippen LogP contribution >= 0.6 is 0 Å². The fraction of sp³-hybridized carbons (Fsp3) is 0.138. The van der Waals surface area contributed by atoms with Gasteiger partial charge in [-0.3, -0.25) is 4.79 Å². The largest absolute Gasteiger partial charge is 0.373 e. The number of anilines is 1. The van der Waals surface area contributed by atoms with Gasteiger partial charge in [-0.1, -0.05) is 72.8 Å². The van der Waals surface area contributed by atoms with E-state index in [0.29, 0.717) is 6.42 Å². The lowest BCUT2D eigenvalue weighted by Crippen LogP contribution is -2.29. The highest BCUT2D eigenvalue weighted by Crippen LogP contribution is 2.50. The van der Waals surface area contributed by atoms with Gasteiger partial charge in [-0.15, -0.1) is 0 Å². The van der Waals surface area contributed by atoms with Crippen molar-refractivity contribution in [3.63, 3.8) is 0 Å². The van der Waals surface area contributed by atoms with Crippen LogP contribution in [-0.4, -0.2) is 5.78 Å². The number of Topliss-reactive ketones (excluding diaryl/α,β-unsaturated/α-hetero) is 1. The molecule has 3 heteroatoms. The topological polar surface area (TPSA) is 29.1 Å². The summed E-state index contributed by atoms with van der Waals surface area (Å²) < 4.78 is 13.6. The third kappa shape index (κ3) is 3.04. The molecule has 0 aromatic heterocycles. The van der Waals surface area contributed by atoms with Crippen LogP contribution in [0, 0.1) is 5.82 Å². The maximum atomic E-state index is 13.6. The number of carbonyl (C=O) groups is 1. The maximum Gasteiger partial charge on any atom is 0.162 e. The lowest BCUT2D eigenvalue weighted by atomic mass is 9.71. The van der Waals surface area contributed by atoms with Crippen LogP contribution in [0.15, 0.2) is 96.6 Å². The van der Waals surface area contributed by atoms with Gasteiger partial charge in [0.15, 0.2) is 5.78 Å². The van der Waals surface area contributed by atoms with Crippen molar-refractivity contribution in [3.05, 3.63) is 119 Å².